The minimum Gasteiger partial charge on any atom is -0.459 e. The lowest BCUT2D eigenvalue weighted by atomic mass is 9.90. The van der Waals surface area contributed by atoms with E-state index in [2.05, 4.69) is 0 Å². The second kappa shape index (κ2) is 21.5. The van der Waals surface area contributed by atoms with Gasteiger partial charge in [0.1, 0.15) is 12.2 Å². The molecule has 0 aliphatic carbocycles. The van der Waals surface area contributed by atoms with Gasteiger partial charge in [-0.3, -0.25) is 4.79 Å². The molecule has 0 aromatic heterocycles. The van der Waals surface area contributed by atoms with Gasteiger partial charge in [-0.15, -0.1) is 0 Å². The molecule has 0 radical (unpaired) electrons. The number of esters is 1. The first-order chi connectivity index (χ1) is 20.3. The number of allylic oxidation sites excluding steroid dienone is 8. The van der Waals surface area contributed by atoms with Crippen LogP contribution in [0.25, 0.3) is 0 Å². The molecule has 0 bridgehead atoms. The summed E-state index contributed by atoms with van der Waals surface area (Å²) < 4.78 is 5.45. The van der Waals surface area contributed by atoms with Crippen LogP contribution in [-0.2, 0) is 9.53 Å². The van der Waals surface area contributed by atoms with Gasteiger partial charge in [0.2, 0.25) is 0 Å². The predicted molar refractivity (Wildman–Crippen MR) is 165 cm³/mol. The number of rotatable bonds is 3. The third kappa shape index (κ3) is 17.1. The van der Waals surface area contributed by atoms with Crippen molar-refractivity contribution in [3.63, 3.8) is 0 Å². The summed E-state index contributed by atoms with van der Waals surface area (Å²) >= 11 is 0. The zero-order valence-electron chi connectivity index (χ0n) is 25.7. The van der Waals surface area contributed by atoms with Crippen LogP contribution < -0.4 is 0 Å². The van der Waals surface area contributed by atoms with Gasteiger partial charge in [-0.1, -0.05) is 74.4 Å². The van der Waals surface area contributed by atoms with Gasteiger partial charge in [0.15, 0.2) is 0 Å². The quantitative estimate of drug-likeness (QED) is 0.220. The smallest absolute Gasteiger partial charge is 0.311 e. The highest BCUT2D eigenvalue weighted by Crippen LogP contribution is 2.23. The number of hydrogen-bond donors (Lipinski definition) is 8. The van der Waals surface area contributed by atoms with Gasteiger partial charge in [0.25, 0.3) is 0 Å². The number of carbonyl (C=O) groups is 1. The zero-order valence-corrected chi connectivity index (χ0v) is 25.7. The van der Waals surface area contributed by atoms with Gasteiger partial charge in [-0.05, 0) is 51.5 Å². The first-order valence-corrected chi connectivity index (χ1v) is 15.3. The van der Waals surface area contributed by atoms with Gasteiger partial charge in [0.05, 0.1) is 48.6 Å². The molecule has 0 unspecified atom stereocenters. The van der Waals surface area contributed by atoms with Crippen LogP contribution in [0.4, 0.5) is 0 Å². The SMILES string of the molecule is CCCC[C@H]1C(=O)O[C@H](C)[C@@H](O)C=CC=CC=CC=CC=C(C)[C@@H](O)C[C@H](O)C[C@H](O)C[C@H](O)C[C@H](O)C[C@H](O)C[C@@H]1O. The summed E-state index contributed by atoms with van der Waals surface area (Å²) in [5.74, 6) is -1.62. The van der Waals surface area contributed by atoms with Crippen LogP contribution in [0.1, 0.15) is 78.6 Å². The van der Waals surface area contributed by atoms with Crippen LogP contribution in [-0.4, -0.2) is 102 Å². The maximum absolute atomic E-state index is 12.9. The fourth-order valence-electron chi connectivity index (χ4n) is 4.83. The summed E-state index contributed by atoms with van der Waals surface area (Å²) in [7, 11) is 0. The molecule has 0 aromatic rings. The number of unbranched alkanes of at least 4 members (excludes halogenated alkanes) is 1. The molecule has 1 rings (SSSR count). The van der Waals surface area contributed by atoms with Gasteiger partial charge in [-0.2, -0.15) is 0 Å². The van der Waals surface area contributed by atoms with Crippen molar-refractivity contribution in [1.82, 2.24) is 0 Å². The molecule has 1 aliphatic rings. The van der Waals surface area contributed by atoms with Crippen molar-refractivity contribution in [2.24, 2.45) is 5.92 Å². The number of cyclic esters (lactones) is 1. The molecule has 246 valence electrons. The second-order valence-corrected chi connectivity index (χ2v) is 11.6. The van der Waals surface area contributed by atoms with E-state index in [1.165, 1.54) is 6.08 Å². The molecule has 8 N–H and O–H groups in total. The Balaban J connectivity index is 3.06. The van der Waals surface area contributed by atoms with Crippen molar-refractivity contribution in [3.05, 3.63) is 60.3 Å². The Morgan fingerprint density at radius 2 is 1.16 bits per heavy atom. The normalized spacial score (nSPS) is 35.5. The number of ether oxygens (including phenoxy) is 1. The van der Waals surface area contributed by atoms with E-state index in [0.29, 0.717) is 18.4 Å². The van der Waals surface area contributed by atoms with Crippen LogP contribution in [0.5, 0.6) is 0 Å². The topological polar surface area (TPSA) is 188 Å². The summed E-state index contributed by atoms with van der Waals surface area (Å²) in [4.78, 5) is 12.9. The Morgan fingerprint density at radius 1 is 0.698 bits per heavy atom. The molecule has 1 heterocycles. The number of aliphatic hydroxyl groups is 8. The minimum atomic E-state index is -1.25. The molecule has 10 atom stereocenters. The van der Waals surface area contributed by atoms with E-state index in [1.54, 1.807) is 62.5 Å². The molecule has 1 aliphatic heterocycles. The fourth-order valence-corrected chi connectivity index (χ4v) is 4.83. The highest BCUT2D eigenvalue weighted by Gasteiger charge is 2.32. The Hall–Kier alpha value is -2.15. The Kier molecular flexibility index (Phi) is 19.5. The Labute approximate surface area is 256 Å². The lowest BCUT2D eigenvalue weighted by Crippen LogP contribution is -2.37. The largest absolute Gasteiger partial charge is 0.459 e. The molecule has 0 saturated heterocycles. The van der Waals surface area contributed by atoms with E-state index in [9.17, 15) is 45.6 Å². The van der Waals surface area contributed by atoms with E-state index in [-0.39, 0.29) is 38.5 Å². The Bertz CT molecular complexity index is 927. The first kappa shape index (κ1) is 38.9. The minimum absolute atomic E-state index is 0.00262. The first-order valence-electron chi connectivity index (χ1n) is 15.3. The van der Waals surface area contributed by atoms with Crippen LogP contribution in [0.2, 0.25) is 0 Å². The van der Waals surface area contributed by atoms with Crippen molar-refractivity contribution in [3.8, 4) is 0 Å². The molecule has 0 spiro atoms. The van der Waals surface area contributed by atoms with E-state index >= 15 is 0 Å². The molecule has 0 aromatic carbocycles. The summed E-state index contributed by atoms with van der Waals surface area (Å²) in [5.41, 5.74) is 0.622. The summed E-state index contributed by atoms with van der Waals surface area (Å²) in [6, 6.07) is 0. The van der Waals surface area contributed by atoms with Crippen molar-refractivity contribution in [1.29, 1.82) is 0 Å². The van der Waals surface area contributed by atoms with Crippen LogP contribution >= 0.6 is 0 Å². The average molecular weight is 611 g/mol. The van der Waals surface area contributed by atoms with E-state index < -0.39 is 66.8 Å². The van der Waals surface area contributed by atoms with Crippen molar-refractivity contribution in [2.45, 2.75) is 133 Å². The molecule has 0 amide bonds. The van der Waals surface area contributed by atoms with Crippen LogP contribution in [0.15, 0.2) is 60.3 Å². The van der Waals surface area contributed by atoms with Gasteiger partial charge >= 0.3 is 5.97 Å². The third-order valence-electron chi connectivity index (χ3n) is 7.46. The number of hydrogen-bond acceptors (Lipinski definition) is 10. The summed E-state index contributed by atoms with van der Waals surface area (Å²) in [6.07, 6.45) is 6.60. The molecule has 0 fully saturated rings. The van der Waals surface area contributed by atoms with E-state index in [0.717, 1.165) is 6.42 Å². The highest BCUT2D eigenvalue weighted by atomic mass is 16.6. The molecular weight excluding hydrogens is 556 g/mol. The average Bonchev–Trinajstić information content (AvgIpc) is 2.90. The van der Waals surface area contributed by atoms with Crippen molar-refractivity contribution < 1.29 is 50.4 Å². The van der Waals surface area contributed by atoms with Crippen molar-refractivity contribution >= 4 is 5.97 Å². The summed E-state index contributed by atoms with van der Waals surface area (Å²) in [6.45, 7) is 5.21. The molecular formula is C33H54O10. The van der Waals surface area contributed by atoms with Crippen molar-refractivity contribution in [2.75, 3.05) is 0 Å². The van der Waals surface area contributed by atoms with Crippen LogP contribution in [0.3, 0.4) is 0 Å². The Morgan fingerprint density at radius 3 is 1.70 bits per heavy atom. The number of aliphatic hydroxyl groups excluding tert-OH is 8. The number of carbonyl (C=O) groups excluding carboxylic acids is 1. The van der Waals surface area contributed by atoms with Crippen LogP contribution in [0, 0.1) is 5.92 Å². The van der Waals surface area contributed by atoms with Gasteiger partial charge in [-0.25, -0.2) is 0 Å². The molecule has 43 heavy (non-hydrogen) atoms. The zero-order chi connectivity index (χ0) is 32.4. The monoisotopic (exact) mass is 610 g/mol. The standard InChI is InChI=1S/C33H54O10/c1-4-5-14-29-32(41)21-28(38)19-26(36)17-24(34)16-25(35)18-27(37)20-31(40)22(2)13-11-9-7-6-8-10-12-15-30(39)23(3)43-33(29)42/h6-13,15,23-32,34-41H,4-5,14,16-21H2,1-3H3/t23-,24+,25-,26+,27-,28+,29-,30+,31+,32+/m1/s1. The maximum atomic E-state index is 12.9. The predicted octanol–water partition coefficient (Wildman–Crippen LogP) is 2.14. The fraction of sp³-hybridized carbons (Fsp3) is 0.667. The molecule has 10 nitrogen and oxygen atoms in total. The van der Waals surface area contributed by atoms with Gasteiger partial charge in [0, 0.05) is 12.8 Å². The maximum Gasteiger partial charge on any atom is 0.311 e. The third-order valence-corrected chi connectivity index (χ3v) is 7.46. The summed E-state index contributed by atoms with van der Waals surface area (Å²) in [5, 5.41) is 83.5. The lowest BCUT2D eigenvalue weighted by Gasteiger charge is -2.27. The molecule has 10 heteroatoms. The molecule has 0 saturated carbocycles. The second-order valence-electron chi connectivity index (χ2n) is 11.6. The lowest BCUT2D eigenvalue weighted by molar-refractivity contribution is -0.162. The van der Waals surface area contributed by atoms with E-state index in [1.807, 2.05) is 6.92 Å². The van der Waals surface area contributed by atoms with E-state index in [4.69, 9.17) is 4.74 Å². The highest BCUT2D eigenvalue weighted by molar-refractivity contribution is 5.73. The van der Waals surface area contributed by atoms with Gasteiger partial charge < -0.3 is 45.6 Å².